The van der Waals surface area contributed by atoms with Crippen LogP contribution in [0.5, 0.6) is 0 Å². The van der Waals surface area contributed by atoms with Crippen molar-refractivity contribution in [3.05, 3.63) is 35.5 Å². The van der Waals surface area contributed by atoms with E-state index < -0.39 is 11.6 Å². The Bertz CT molecular complexity index is 572. The fraction of sp³-hybridized carbons (Fsp3) is 0.308. The van der Waals surface area contributed by atoms with E-state index in [9.17, 15) is 8.78 Å². The minimum atomic E-state index is -0.635. The summed E-state index contributed by atoms with van der Waals surface area (Å²) in [6.45, 7) is 2.85. The van der Waals surface area contributed by atoms with Crippen LogP contribution in [0.2, 0.25) is 0 Å². The second-order valence-corrected chi connectivity index (χ2v) is 3.91. The number of anilines is 1. The Hall–Kier alpha value is -1.75. The van der Waals surface area contributed by atoms with Gasteiger partial charge in [-0.1, -0.05) is 0 Å². The third kappa shape index (κ3) is 2.41. The van der Waals surface area contributed by atoms with Crippen molar-refractivity contribution in [3.8, 4) is 0 Å². The van der Waals surface area contributed by atoms with Crippen molar-refractivity contribution in [2.75, 3.05) is 19.0 Å². The minimum Gasteiger partial charge on any atom is -0.385 e. The van der Waals surface area contributed by atoms with E-state index in [1.807, 2.05) is 6.92 Å². The van der Waals surface area contributed by atoms with Crippen molar-refractivity contribution < 1.29 is 13.5 Å². The highest BCUT2D eigenvalue weighted by Gasteiger charge is 2.11. The Morgan fingerprint density at radius 1 is 1.28 bits per heavy atom. The molecule has 0 aliphatic heterocycles. The van der Waals surface area contributed by atoms with E-state index >= 15 is 0 Å². The largest absolute Gasteiger partial charge is 0.385 e. The van der Waals surface area contributed by atoms with Gasteiger partial charge >= 0.3 is 0 Å². The van der Waals surface area contributed by atoms with Crippen LogP contribution < -0.4 is 5.32 Å². The first kappa shape index (κ1) is 12.7. The highest BCUT2D eigenvalue weighted by molar-refractivity contribution is 5.92. The molecule has 2 rings (SSSR count). The summed E-state index contributed by atoms with van der Waals surface area (Å²) < 4.78 is 32.0. The molecule has 0 amide bonds. The van der Waals surface area contributed by atoms with E-state index in [4.69, 9.17) is 4.74 Å². The molecule has 18 heavy (non-hydrogen) atoms. The first-order valence-electron chi connectivity index (χ1n) is 5.67. The van der Waals surface area contributed by atoms with Crippen molar-refractivity contribution in [2.45, 2.75) is 13.5 Å². The van der Waals surface area contributed by atoms with Gasteiger partial charge in [-0.25, -0.2) is 13.8 Å². The van der Waals surface area contributed by atoms with Crippen LogP contribution in [-0.4, -0.2) is 18.6 Å². The van der Waals surface area contributed by atoms with Crippen LogP contribution in [0.1, 0.15) is 12.6 Å². The molecule has 0 bridgehead atoms. The van der Waals surface area contributed by atoms with Crippen molar-refractivity contribution in [1.29, 1.82) is 0 Å². The monoisotopic (exact) mass is 252 g/mol. The lowest BCUT2D eigenvalue weighted by Crippen LogP contribution is -2.03. The molecule has 5 heteroatoms. The maximum atomic E-state index is 13.8. The number of fused-ring (bicyclic) bond motifs is 1. The summed E-state index contributed by atoms with van der Waals surface area (Å²) in [5.74, 6) is -1.25. The molecule has 1 aromatic heterocycles. The van der Waals surface area contributed by atoms with Gasteiger partial charge in [0.15, 0.2) is 0 Å². The summed E-state index contributed by atoms with van der Waals surface area (Å²) in [4.78, 5) is 4.18. The zero-order valence-corrected chi connectivity index (χ0v) is 10.3. The standard InChI is InChI=1S/C13H14F2N2O/c1-3-16-11-6-9(7-18-2)17-12-5-8(14)4-10(15)13(11)12/h4-6H,3,7H2,1-2H3,(H,16,17). The molecule has 0 atom stereocenters. The highest BCUT2D eigenvalue weighted by atomic mass is 19.1. The molecule has 0 aliphatic rings. The number of benzene rings is 1. The Morgan fingerprint density at radius 2 is 2.06 bits per heavy atom. The normalized spacial score (nSPS) is 10.9. The van der Waals surface area contributed by atoms with Crippen molar-refractivity contribution in [2.24, 2.45) is 0 Å². The number of hydrogen-bond acceptors (Lipinski definition) is 3. The number of nitrogens with one attached hydrogen (secondary N) is 1. The molecular weight excluding hydrogens is 238 g/mol. The maximum absolute atomic E-state index is 13.8. The van der Waals surface area contributed by atoms with E-state index in [0.29, 0.717) is 29.9 Å². The molecule has 0 saturated carbocycles. The van der Waals surface area contributed by atoms with Gasteiger partial charge in [0.1, 0.15) is 11.6 Å². The highest BCUT2D eigenvalue weighted by Crippen LogP contribution is 2.27. The van der Waals surface area contributed by atoms with E-state index in [-0.39, 0.29) is 5.52 Å². The molecule has 1 N–H and O–H groups in total. The maximum Gasteiger partial charge on any atom is 0.137 e. The average molecular weight is 252 g/mol. The number of methoxy groups -OCH3 is 1. The molecule has 96 valence electrons. The van der Waals surface area contributed by atoms with Crippen LogP contribution in [0.25, 0.3) is 10.9 Å². The molecule has 0 saturated heterocycles. The molecule has 0 aliphatic carbocycles. The van der Waals surface area contributed by atoms with Crippen LogP contribution in [0, 0.1) is 11.6 Å². The summed E-state index contributed by atoms with van der Waals surface area (Å²) in [6, 6.07) is 3.80. The van der Waals surface area contributed by atoms with Crippen LogP contribution in [0.15, 0.2) is 18.2 Å². The fourth-order valence-electron chi connectivity index (χ4n) is 1.89. The number of hydrogen-bond donors (Lipinski definition) is 1. The molecule has 1 heterocycles. The smallest absolute Gasteiger partial charge is 0.137 e. The predicted octanol–water partition coefficient (Wildman–Crippen LogP) is 3.09. The van der Waals surface area contributed by atoms with Gasteiger partial charge in [0.2, 0.25) is 0 Å². The first-order chi connectivity index (χ1) is 8.65. The van der Waals surface area contributed by atoms with Gasteiger partial charge in [-0.3, -0.25) is 0 Å². The third-order valence-corrected chi connectivity index (χ3v) is 2.54. The average Bonchev–Trinajstić information content (AvgIpc) is 2.28. The number of pyridine rings is 1. The molecule has 0 spiro atoms. The summed E-state index contributed by atoms with van der Waals surface area (Å²) in [7, 11) is 1.55. The lowest BCUT2D eigenvalue weighted by atomic mass is 10.1. The van der Waals surface area contributed by atoms with E-state index in [0.717, 1.165) is 6.07 Å². The SMILES string of the molecule is CCNc1cc(COC)nc2cc(F)cc(F)c12. The van der Waals surface area contributed by atoms with Gasteiger partial charge in [-0.2, -0.15) is 0 Å². The first-order valence-corrected chi connectivity index (χ1v) is 5.67. The Kier molecular flexibility index (Phi) is 3.72. The second-order valence-electron chi connectivity index (χ2n) is 3.91. The fourth-order valence-corrected chi connectivity index (χ4v) is 1.89. The second kappa shape index (κ2) is 5.27. The molecule has 3 nitrogen and oxygen atoms in total. The quantitative estimate of drug-likeness (QED) is 0.908. The predicted molar refractivity (Wildman–Crippen MR) is 66.5 cm³/mol. The lowest BCUT2D eigenvalue weighted by Gasteiger charge is -2.11. The number of nitrogens with zero attached hydrogens (tertiary/aromatic N) is 1. The summed E-state index contributed by atoms with van der Waals surface area (Å²) in [5, 5.41) is 3.36. The van der Waals surface area contributed by atoms with Gasteiger partial charge in [0.25, 0.3) is 0 Å². The van der Waals surface area contributed by atoms with E-state index in [1.54, 1.807) is 13.2 Å². The van der Waals surface area contributed by atoms with Crippen LogP contribution in [0.3, 0.4) is 0 Å². The van der Waals surface area contributed by atoms with Crippen LogP contribution >= 0.6 is 0 Å². The van der Waals surface area contributed by atoms with Crippen molar-refractivity contribution in [1.82, 2.24) is 4.98 Å². The molecule has 0 unspecified atom stereocenters. The number of ether oxygens (including phenoxy) is 1. The molecule has 0 radical (unpaired) electrons. The van der Waals surface area contributed by atoms with Crippen molar-refractivity contribution >= 4 is 16.6 Å². The van der Waals surface area contributed by atoms with Crippen LogP contribution in [0.4, 0.5) is 14.5 Å². The van der Waals surface area contributed by atoms with E-state index in [2.05, 4.69) is 10.3 Å². The van der Waals surface area contributed by atoms with E-state index in [1.165, 1.54) is 6.07 Å². The summed E-state index contributed by atoms with van der Waals surface area (Å²) in [6.07, 6.45) is 0. The van der Waals surface area contributed by atoms with Crippen LogP contribution in [-0.2, 0) is 11.3 Å². The number of aromatic nitrogens is 1. The third-order valence-electron chi connectivity index (χ3n) is 2.54. The van der Waals surface area contributed by atoms with Gasteiger partial charge in [0.05, 0.1) is 23.2 Å². The Labute approximate surface area is 104 Å². The minimum absolute atomic E-state index is 0.290. The van der Waals surface area contributed by atoms with Gasteiger partial charge in [-0.05, 0) is 13.0 Å². The van der Waals surface area contributed by atoms with Gasteiger partial charge < -0.3 is 10.1 Å². The Morgan fingerprint density at radius 3 is 2.72 bits per heavy atom. The summed E-state index contributed by atoms with van der Waals surface area (Å²) in [5.41, 5.74) is 1.52. The van der Waals surface area contributed by atoms with Gasteiger partial charge in [-0.15, -0.1) is 0 Å². The Balaban J connectivity index is 2.68. The number of rotatable bonds is 4. The molecule has 0 fully saturated rings. The number of halogens is 2. The summed E-state index contributed by atoms with van der Waals surface area (Å²) >= 11 is 0. The van der Waals surface area contributed by atoms with Crippen molar-refractivity contribution in [3.63, 3.8) is 0 Å². The topological polar surface area (TPSA) is 34.1 Å². The zero-order valence-electron chi connectivity index (χ0n) is 10.3. The molecule has 1 aromatic carbocycles. The lowest BCUT2D eigenvalue weighted by molar-refractivity contribution is 0.182. The van der Waals surface area contributed by atoms with Gasteiger partial charge in [0, 0.05) is 31.5 Å². The molecule has 2 aromatic rings. The zero-order chi connectivity index (χ0) is 13.1. The molecular formula is C13H14F2N2O.